The van der Waals surface area contributed by atoms with E-state index in [1.165, 1.54) is 0 Å². The van der Waals surface area contributed by atoms with E-state index in [1.54, 1.807) is 25.8 Å². The first-order chi connectivity index (χ1) is 10.1. The van der Waals surface area contributed by atoms with Crippen molar-refractivity contribution in [3.63, 3.8) is 0 Å². The maximum absolute atomic E-state index is 12.5. The van der Waals surface area contributed by atoms with Crippen LogP contribution in [0.3, 0.4) is 0 Å². The summed E-state index contributed by atoms with van der Waals surface area (Å²) in [5.41, 5.74) is 2.11. The van der Waals surface area contributed by atoms with Crippen LogP contribution in [0.4, 0.5) is 0 Å². The molecule has 1 aromatic heterocycles. The van der Waals surface area contributed by atoms with E-state index in [9.17, 15) is 4.79 Å². The summed E-state index contributed by atoms with van der Waals surface area (Å²) in [7, 11) is 1.75. The highest BCUT2D eigenvalue weighted by molar-refractivity contribution is 5.95. The van der Waals surface area contributed by atoms with Crippen LogP contribution in [0, 0.1) is 13.8 Å². The highest BCUT2D eigenvalue weighted by Crippen LogP contribution is 2.32. The molecule has 21 heavy (non-hydrogen) atoms. The van der Waals surface area contributed by atoms with E-state index in [2.05, 4.69) is 5.16 Å². The molecule has 0 fully saturated rings. The van der Waals surface area contributed by atoms with Crippen LogP contribution in [0.25, 0.3) is 0 Å². The third-order valence-electron chi connectivity index (χ3n) is 3.45. The van der Waals surface area contributed by atoms with E-state index in [0.717, 1.165) is 11.3 Å². The summed E-state index contributed by atoms with van der Waals surface area (Å²) >= 11 is 0. The van der Waals surface area contributed by atoms with Gasteiger partial charge >= 0.3 is 0 Å². The molecule has 0 unspecified atom stereocenters. The molecule has 1 aliphatic heterocycles. The average Bonchev–Trinajstić information content (AvgIpc) is 3.04. The standard InChI is InChI=1S/C15H16N2O4/c1-9-14(10(2)21-16-9)15(18)17(3)7-11-4-5-12-13(6-11)20-8-19-12/h4-6H,7-8H2,1-3H3. The maximum Gasteiger partial charge on any atom is 0.259 e. The molecule has 0 bridgehead atoms. The average molecular weight is 288 g/mol. The Hall–Kier alpha value is -2.50. The molecule has 1 aliphatic rings. The summed E-state index contributed by atoms with van der Waals surface area (Å²) in [4.78, 5) is 14.1. The Kier molecular flexibility index (Phi) is 3.29. The fourth-order valence-electron chi connectivity index (χ4n) is 2.36. The number of carbonyl (C=O) groups excluding carboxylic acids is 1. The number of aryl methyl sites for hydroxylation is 2. The maximum atomic E-state index is 12.5. The fourth-order valence-corrected chi connectivity index (χ4v) is 2.36. The molecular formula is C15H16N2O4. The van der Waals surface area contributed by atoms with E-state index in [1.807, 2.05) is 18.2 Å². The molecule has 0 saturated heterocycles. The number of nitrogens with zero attached hydrogens (tertiary/aromatic N) is 2. The summed E-state index contributed by atoms with van der Waals surface area (Å²) in [6.45, 7) is 4.21. The van der Waals surface area contributed by atoms with E-state index < -0.39 is 0 Å². The van der Waals surface area contributed by atoms with Crippen LogP contribution in [0.1, 0.15) is 27.4 Å². The van der Waals surface area contributed by atoms with Crippen molar-refractivity contribution < 1.29 is 18.8 Å². The van der Waals surface area contributed by atoms with Gasteiger partial charge in [0.1, 0.15) is 11.3 Å². The molecule has 0 radical (unpaired) electrons. The van der Waals surface area contributed by atoms with Crippen molar-refractivity contribution in [1.82, 2.24) is 10.1 Å². The van der Waals surface area contributed by atoms with Gasteiger partial charge in [-0.15, -0.1) is 0 Å². The zero-order valence-corrected chi connectivity index (χ0v) is 12.2. The number of hydrogen-bond donors (Lipinski definition) is 0. The van der Waals surface area contributed by atoms with Gasteiger partial charge in [-0.25, -0.2) is 0 Å². The minimum Gasteiger partial charge on any atom is -0.454 e. The first-order valence-electron chi connectivity index (χ1n) is 6.63. The Labute approximate surface area is 122 Å². The number of carbonyl (C=O) groups is 1. The third-order valence-corrected chi connectivity index (χ3v) is 3.45. The predicted octanol–water partition coefficient (Wildman–Crippen LogP) is 2.29. The topological polar surface area (TPSA) is 64.8 Å². The Bertz CT molecular complexity index is 673. The van der Waals surface area contributed by atoms with E-state index in [0.29, 0.717) is 29.3 Å². The highest BCUT2D eigenvalue weighted by atomic mass is 16.7. The van der Waals surface area contributed by atoms with Crippen LogP contribution in [-0.2, 0) is 6.54 Å². The lowest BCUT2D eigenvalue weighted by Crippen LogP contribution is -2.27. The Balaban J connectivity index is 1.77. The zero-order valence-electron chi connectivity index (χ0n) is 12.2. The van der Waals surface area contributed by atoms with Gasteiger partial charge in [0, 0.05) is 13.6 Å². The van der Waals surface area contributed by atoms with E-state index in [-0.39, 0.29) is 12.7 Å². The summed E-state index contributed by atoms with van der Waals surface area (Å²) in [6.07, 6.45) is 0. The van der Waals surface area contributed by atoms with Crippen molar-refractivity contribution in [2.45, 2.75) is 20.4 Å². The van der Waals surface area contributed by atoms with Crippen LogP contribution in [0.5, 0.6) is 11.5 Å². The van der Waals surface area contributed by atoms with Crippen LogP contribution in [0.2, 0.25) is 0 Å². The first-order valence-corrected chi connectivity index (χ1v) is 6.63. The molecule has 0 saturated carbocycles. The number of ether oxygens (including phenoxy) is 2. The summed E-state index contributed by atoms with van der Waals surface area (Å²) in [6, 6.07) is 5.66. The molecule has 1 amide bonds. The van der Waals surface area contributed by atoms with Crippen molar-refractivity contribution in [2.75, 3.05) is 13.8 Å². The summed E-state index contributed by atoms with van der Waals surface area (Å²) in [5, 5.41) is 3.81. The summed E-state index contributed by atoms with van der Waals surface area (Å²) in [5.74, 6) is 1.88. The lowest BCUT2D eigenvalue weighted by Gasteiger charge is -2.17. The molecule has 3 rings (SSSR count). The van der Waals surface area contributed by atoms with Crippen molar-refractivity contribution in [1.29, 1.82) is 0 Å². The van der Waals surface area contributed by atoms with Crippen LogP contribution in [-0.4, -0.2) is 29.8 Å². The number of rotatable bonds is 3. The number of hydrogen-bond acceptors (Lipinski definition) is 5. The zero-order chi connectivity index (χ0) is 15.0. The lowest BCUT2D eigenvalue weighted by atomic mass is 10.1. The molecule has 6 heteroatoms. The molecule has 6 nitrogen and oxygen atoms in total. The SMILES string of the molecule is Cc1noc(C)c1C(=O)N(C)Cc1ccc2c(c1)OCO2. The number of aromatic nitrogens is 1. The first kappa shape index (κ1) is 13.5. The van der Waals surface area contributed by atoms with Gasteiger partial charge in [0.15, 0.2) is 11.5 Å². The molecule has 1 aromatic carbocycles. The smallest absolute Gasteiger partial charge is 0.259 e. The predicted molar refractivity (Wildman–Crippen MR) is 74.3 cm³/mol. The molecule has 0 spiro atoms. The number of amides is 1. The van der Waals surface area contributed by atoms with Crippen molar-refractivity contribution in [3.05, 3.63) is 40.8 Å². The minimum atomic E-state index is -0.107. The van der Waals surface area contributed by atoms with Gasteiger partial charge in [0.05, 0.1) is 5.69 Å². The van der Waals surface area contributed by atoms with Gasteiger partial charge in [-0.2, -0.15) is 0 Å². The highest BCUT2D eigenvalue weighted by Gasteiger charge is 2.22. The molecule has 0 aliphatic carbocycles. The van der Waals surface area contributed by atoms with E-state index >= 15 is 0 Å². The van der Waals surface area contributed by atoms with Gasteiger partial charge in [0.2, 0.25) is 6.79 Å². The van der Waals surface area contributed by atoms with E-state index in [4.69, 9.17) is 14.0 Å². The minimum absolute atomic E-state index is 0.107. The van der Waals surface area contributed by atoms with Gasteiger partial charge in [0.25, 0.3) is 5.91 Å². The second-order valence-electron chi connectivity index (χ2n) is 5.05. The lowest BCUT2D eigenvalue weighted by molar-refractivity contribution is 0.0782. The molecule has 2 aromatic rings. The monoisotopic (exact) mass is 288 g/mol. The fraction of sp³-hybridized carbons (Fsp3) is 0.333. The van der Waals surface area contributed by atoms with Crippen molar-refractivity contribution >= 4 is 5.91 Å². The number of benzene rings is 1. The largest absolute Gasteiger partial charge is 0.454 e. The second-order valence-corrected chi connectivity index (χ2v) is 5.05. The summed E-state index contributed by atoms with van der Waals surface area (Å²) < 4.78 is 15.7. The number of fused-ring (bicyclic) bond motifs is 1. The van der Waals surface area contributed by atoms with Crippen molar-refractivity contribution in [2.24, 2.45) is 0 Å². The molecule has 110 valence electrons. The Morgan fingerprint density at radius 1 is 1.29 bits per heavy atom. The molecule has 2 heterocycles. The van der Waals surface area contributed by atoms with Crippen LogP contribution < -0.4 is 9.47 Å². The van der Waals surface area contributed by atoms with Crippen LogP contribution >= 0.6 is 0 Å². The quantitative estimate of drug-likeness (QED) is 0.867. The molecule has 0 atom stereocenters. The Morgan fingerprint density at radius 2 is 2.05 bits per heavy atom. The van der Waals surface area contributed by atoms with Crippen molar-refractivity contribution in [3.8, 4) is 11.5 Å². The van der Waals surface area contributed by atoms with Gasteiger partial charge in [-0.05, 0) is 31.5 Å². The second kappa shape index (κ2) is 5.12. The van der Waals surface area contributed by atoms with Gasteiger partial charge < -0.3 is 18.9 Å². The molecular weight excluding hydrogens is 272 g/mol. The Morgan fingerprint density at radius 3 is 2.76 bits per heavy atom. The van der Waals surface area contributed by atoms with Gasteiger partial charge in [-0.3, -0.25) is 4.79 Å². The van der Waals surface area contributed by atoms with Gasteiger partial charge in [-0.1, -0.05) is 11.2 Å². The normalized spacial score (nSPS) is 12.5. The molecule has 0 N–H and O–H groups in total. The third kappa shape index (κ3) is 2.44. The van der Waals surface area contributed by atoms with Crippen LogP contribution in [0.15, 0.2) is 22.7 Å².